The Morgan fingerprint density at radius 1 is 1.83 bits per heavy atom. The first kappa shape index (κ1) is 9.28. The monoisotopic (exact) mass is 95.1 g/mol. The van der Waals surface area contributed by atoms with Crippen LogP contribution in [-0.2, 0) is 0 Å². The summed E-state index contributed by atoms with van der Waals surface area (Å²) in [5, 5.41) is 8.02. The maximum atomic E-state index is 8.02. The third-order valence-electron chi connectivity index (χ3n) is 0.288. The van der Waals surface area contributed by atoms with Gasteiger partial charge in [-0.2, -0.15) is 0 Å². The summed E-state index contributed by atoms with van der Waals surface area (Å²) in [7, 11) is 0. The molecule has 1 unspecified atom stereocenters. The summed E-state index contributed by atoms with van der Waals surface area (Å²) >= 11 is 0. The van der Waals surface area contributed by atoms with Crippen LogP contribution in [-0.4, -0.2) is 17.8 Å². The molecule has 0 aromatic carbocycles. The van der Waals surface area contributed by atoms with E-state index < -0.39 is 0 Å². The van der Waals surface area contributed by atoms with Gasteiger partial charge in [0, 0.05) is 6.04 Å². The van der Waals surface area contributed by atoms with E-state index in [1.807, 2.05) is 0 Å². The molecule has 6 heavy (non-hydrogen) atoms. The number of nitrogens with two attached hydrogens (primary N) is 1. The van der Waals surface area contributed by atoms with Crippen LogP contribution in [0, 0.1) is 0 Å². The number of hydrogen-bond acceptors (Lipinski definition) is 2. The van der Waals surface area contributed by atoms with E-state index >= 15 is 0 Å². The average Bonchev–Trinajstić information content (AvgIpc) is 1.38. The van der Waals surface area contributed by atoms with Crippen molar-refractivity contribution >= 4 is 0 Å². The van der Waals surface area contributed by atoms with E-state index in [4.69, 9.17) is 10.8 Å². The number of hydrogen-bond donors (Lipinski definition) is 2. The Labute approximate surface area is 36.3 Å². The minimum atomic E-state index is -0.0602. The van der Waals surface area contributed by atoms with Gasteiger partial charge in [0.2, 0.25) is 0 Å². The summed E-state index contributed by atoms with van der Waals surface area (Å²) < 4.78 is 0. The highest BCUT2D eigenvalue weighted by Gasteiger charge is 1.81. The molecule has 0 radical (unpaired) electrons. The van der Waals surface area contributed by atoms with Gasteiger partial charge in [0.1, 0.15) is 0 Å². The second kappa shape index (κ2) is 4.85. The lowest BCUT2D eigenvalue weighted by Crippen LogP contribution is -2.18. The summed E-state index contributed by atoms with van der Waals surface area (Å²) in [5.41, 5.74) is 5.04. The summed E-state index contributed by atoms with van der Waals surface area (Å²) in [6.07, 6.45) is 0. The molecule has 3 N–H and O–H groups in total. The van der Waals surface area contributed by atoms with Gasteiger partial charge in [0.25, 0.3) is 0 Å². The molecule has 3 heteroatoms. The molecule has 0 aliphatic heterocycles. The van der Waals surface area contributed by atoms with E-state index in [1.165, 1.54) is 0 Å². The minimum absolute atomic E-state index is 0. The van der Waals surface area contributed by atoms with Gasteiger partial charge in [-0.05, 0) is 6.92 Å². The minimum Gasteiger partial charge on any atom is -0.395 e. The third kappa shape index (κ3) is 9.14. The molecule has 0 rings (SSSR count). The summed E-state index contributed by atoms with van der Waals surface area (Å²) in [6.45, 7) is 1.83. The highest BCUT2D eigenvalue weighted by Crippen LogP contribution is 1.62. The Morgan fingerprint density at radius 2 is 2.00 bits per heavy atom. The summed E-state index contributed by atoms with van der Waals surface area (Å²) in [6, 6.07) is -0.0602. The van der Waals surface area contributed by atoms with Crippen LogP contribution in [0.25, 0.3) is 0 Å². The van der Waals surface area contributed by atoms with E-state index in [2.05, 4.69) is 0 Å². The van der Waals surface area contributed by atoms with Crippen LogP contribution in [0.1, 0.15) is 6.92 Å². The van der Waals surface area contributed by atoms with Crippen molar-refractivity contribution in [2.45, 2.75) is 13.0 Å². The highest BCUT2D eigenvalue weighted by molar-refractivity contribution is 4.43. The van der Waals surface area contributed by atoms with Gasteiger partial charge in [-0.15, -0.1) is 0 Å². The van der Waals surface area contributed by atoms with E-state index in [-0.39, 0.29) is 17.4 Å². The van der Waals surface area contributed by atoms with Crippen LogP contribution in [0.15, 0.2) is 0 Å². The van der Waals surface area contributed by atoms with E-state index in [1.54, 1.807) is 6.92 Å². The van der Waals surface area contributed by atoms with Gasteiger partial charge >= 0.3 is 0 Å². The van der Waals surface area contributed by atoms with Crippen molar-refractivity contribution in [3.8, 4) is 0 Å². The second-order valence-electron chi connectivity index (χ2n) is 1.16. The molecule has 0 aromatic rings. The van der Waals surface area contributed by atoms with Gasteiger partial charge in [-0.25, -0.2) is 0 Å². The Kier molecular flexibility index (Phi) is 7.50. The number of aliphatic hydroxyl groups is 1. The van der Waals surface area contributed by atoms with Crippen molar-refractivity contribution in [1.82, 2.24) is 0 Å². The van der Waals surface area contributed by atoms with Gasteiger partial charge in [-0.1, -0.05) is 0 Å². The van der Waals surface area contributed by atoms with Crippen molar-refractivity contribution < 1.29 is 9.81 Å². The molecule has 0 aliphatic carbocycles. The third-order valence-corrected chi connectivity index (χ3v) is 0.288. The number of aliphatic hydroxyl groups excluding tert-OH is 1. The lowest BCUT2D eigenvalue weighted by molar-refractivity contribution is 0.273. The van der Waals surface area contributed by atoms with Crippen molar-refractivity contribution in [2.75, 3.05) is 6.61 Å². The zero-order valence-corrected chi connectivity index (χ0v) is 3.72. The normalized spacial score (nSPS) is 12.5. The van der Waals surface area contributed by atoms with Crippen LogP contribution in [0.3, 0.4) is 0 Å². The zero-order valence-electron chi connectivity index (χ0n) is 3.72. The van der Waals surface area contributed by atoms with Crippen molar-refractivity contribution in [1.29, 1.82) is 0 Å². The van der Waals surface area contributed by atoms with Crippen molar-refractivity contribution in [3.05, 3.63) is 0 Å². The molecule has 0 spiro atoms. The average molecular weight is 95.1 g/mol. The SMILES string of the molecule is CC(N)CO.F. The largest absolute Gasteiger partial charge is 0.395 e. The van der Waals surface area contributed by atoms with Crippen molar-refractivity contribution in [3.63, 3.8) is 0 Å². The predicted molar refractivity (Wildman–Crippen MR) is 23.2 cm³/mol. The molecule has 0 heterocycles. The predicted octanol–water partition coefficient (Wildman–Crippen LogP) is -0.522. The second-order valence-corrected chi connectivity index (χ2v) is 1.16. The quantitative estimate of drug-likeness (QED) is 0.460. The van der Waals surface area contributed by atoms with E-state index in [9.17, 15) is 0 Å². The molecule has 0 saturated carbocycles. The molecule has 0 amide bonds. The smallest absolute Gasteiger partial charge is 0.0579 e. The molecule has 0 aromatic heterocycles. The number of rotatable bonds is 1. The lowest BCUT2D eigenvalue weighted by Gasteiger charge is -1.91. The highest BCUT2D eigenvalue weighted by atomic mass is 19.0. The Balaban J connectivity index is 0. The van der Waals surface area contributed by atoms with Gasteiger partial charge in [-0.3, -0.25) is 4.70 Å². The van der Waals surface area contributed by atoms with Crippen LogP contribution >= 0.6 is 0 Å². The fourth-order valence-electron chi connectivity index (χ4n) is 0. The van der Waals surface area contributed by atoms with Gasteiger partial charge in [0.05, 0.1) is 6.61 Å². The summed E-state index contributed by atoms with van der Waals surface area (Å²) in [5.74, 6) is 0. The fourth-order valence-corrected chi connectivity index (χ4v) is 0. The first-order valence-electron chi connectivity index (χ1n) is 1.64. The molecule has 0 saturated heterocycles. The molecule has 1 atom stereocenters. The van der Waals surface area contributed by atoms with Crippen LogP contribution < -0.4 is 5.73 Å². The maximum absolute atomic E-state index is 8.02. The topological polar surface area (TPSA) is 46.2 Å². The van der Waals surface area contributed by atoms with Crippen LogP contribution in [0.4, 0.5) is 4.70 Å². The number of halogens is 1. The Hall–Kier alpha value is -0.150. The molecule has 0 fully saturated rings. The van der Waals surface area contributed by atoms with Gasteiger partial charge < -0.3 is 10.8 Å². The van der Waals surface area contributed by atoms with Crippen LogP contribution in [0.2, 0.25) is 0 Å². The first-order chi connectivity index (χ1) is 2.27. The standard InChI is InChI=1S/C3H9NO.FH/c1-3(4)2-5;/h3,5H,2,4H2,1H3;1H. The Bertz CT molecular complexity index is 24.8. The van der Waals surface area contributed by atoms with Gasteiger partial charge in [0.15, 0.2) is 0 Å². The van der Waals surface area contributed by atoms with E-state index in [0.717, 1.165) is 0 Å². The fraction of sp³-hybridized carbons (Fsp3) is 1.00. The zero-order chi connectivity index (χ0) is 4.28. The molecule has 2 nitrogen and oxygen atoms in total. The van der Waals surface area contributed by atoms with E-state index in [0.29, 0.717) is 0 Å². The first-order valence-corrected chi connectivity index (χ1v) is 1.64. The molecule has 0 aliphatic rings. The molecular weight excluding hydrogens is 85.0 g/mol. The molecule has 40 valence electrons. The molecule has 0 bridgehead atoms. The molecular formula is C3H10FNO. The van der Waals surface area contributed by atoms with Crippen LogP contribution in [0.5, 0.6) is 0 Å². The summed E-state index contributed by atoms with van der Waals surface area (Å²) in [4.78, 5) is 0. The lowest BCUT2D eigenvalue weighted by atomic mass is 10.4. The Morgan fingerprint density at radius 3 is 2.00 bits per heavy atom. The van der Waals surface area contributed by atoms with Crippen molar-refractivity contribution in [2.24, 2.45) is 5.73 Å². The maximum Gasteiger partial charge on any atom is 0.0579 e.